The van der Waals surface area contributed by atoms with Gasteiger partial charge in [-0.25, -0.2) is 14.4 Å². The standard InChI is InChI=1S/C58H71NO9/c1-3-5-7-9-11-13-15-17-19-21-42-64-50-32-26-45(27-33-50)56(61)66-52-36-30-49(31-37-52)59-55(60)47-24-23-25-48(44-47)58(63)68-54-40-38-53(39-41-54)67-57(62)46-28-34-51(35-29-46)65-43-22-20-18-16-14-12-10-8-6-4-2/h23-41,44H,3-22,42-43H2,1-2H3,(H,59,60). The third kappa shape index (κ3) is 19.8. The van der Waals surface area contributed by atoms with Crippen LogP contribution in [0.3, 0.4) is 0 Å². The summed E-state index contributed by atoms with van der Waals surface area (Å²) in [4.78, 5) is 51.8. The summed E-state index contributed by atoms with van der Waals surface area (Å²) in [6, 6.07) is 32.5. The largest absolute Gasteiger partial charge is 0.494 e. The van der Waals surface area contributed by atoms with E-state index in [2.05, 4.69) is 19.2 Å². The maximum absolute atomic E-state index is 13.2. The van der Waals surface area contributed by atoms with E-state index in [-0.39, 0.29) is 22.6 Å². The first-order valence-electron chi connectivity index (χ1n) is 25.0. The molecule has 0 aliphatic rings. The highest BCUT2D eigenvalue weighted by molar-refractivity contribution is 6.06. The molecule has 10 heteroatoms. The van der Waals surface area contributed by atoms with Crippen molar-refractivity contribution < 1.29 is 42.9 Å². The monoisotopic (exact) mass is 926 g/mol. The second-order valence-corrected chi connectivity index (χ2v) is 17.3. The predicted octanol–water partition coefficient (Wildman–Crippen LogP) is 15.2. The molecule has 68 heavy (non-hydrogen) atoms. The lowest BCUT2D eigenvalue weighted by Crippen LogP contribution is -2.14. The molecule has 5 rings (SSSR count). The molecule has 0 fully saturated rings. The van der Waals surface area contributed by atoms with Crippen molar-refractivity contribution in [3.8, 4) is 28.7 Å². The molecule has 0 spiro atoms. The van der Waals surface area contributed by atoms with E-state index in [1.807, 2.05) is 0 Å². The first kappa shape index (κ1) is 52.5. The summed E-state index contributed by atoms with van der Waals surface area (Å²) in [6.07, 6.45) is 25.3. The van der Waals surface area contributed by atoms with Crippen LogP contribution in [0.1, 0.15) is 184 Å². The molecule has 0 aliphatic carbocycles. The van der Waals surface area contributed by atoms with E-state index in [0.29, 0.717) is 47.3 Å². The minimum absolute atomic E-state index is 0.167. The average molecular weight is 926 g/mol. The SMILES string of the molecule is CCCCCCCCCCCCOc1ccc(C(=O)Oc2ccc(NC(=O)c3cccc(C(=O)Oc4ccc(OC(=O)c5ccc(OCCCCCCCCCCCC)cc5)cc4)c3)cc2)cc1. The summed E-state index contributed by atoms with van der Waals surface area (Å²) in [5.41, 5.74) is 1.64. The predicted molar refractivity (Wildman–Crippen MR) is 270 cm³/mol. The molecular weight excluding hydrogens is 855 g/mol. The van der Waals surface area contributed by atoms with Crippen molar-refractivity contribution in [2.45, 2.75) is 142 Å². The molecule has 0 aromatic heterocycles. The number of benzene rings is 5. The van der Waals surface area contributed by atoms with Crippen LogP contribution in [0.4, 0.5) is 5.69 Å². The van der Waals surface area contributed by atoms with Crippen molar-refractivity contribution in [1.29, 1.82) is 0 Å². The van der Waals surface area contributed by atoms with Gasteiger partial charge in [0.05, 0.1) is 29.9 Å². The number of anilines is 1. The number of amides is 1. The van der Waals surface area contributed by atoms with Gasteiger partial charge < -0.3 is 29.0 Å². The molecule has 0 unspecified atom stereocenters. The Morgan fingerprint density at radius 1 is 0.353 bits per heavy atom. The Morgan fingerprint density at radius 2 is 0.676 bits per heavy atom. The van der Waals surface area contributed by atoms with Gasteiger partial charge in [-0.2, -0.15) is 0 Å². The number of nitrogens with one attached hydrogen (secondary N) is 1. The molecule has 5 aromatic rings. The van der Waals surface area contributed by atoms with E-state index < -0.39 is 23.8 Å². The average Bonchev–Trinajstić information content (AvgIpc) is 3.36. The summed E-state index contributed by atoms with van der Waals surface area (Å²) < 4.78 is 28.4. The fourth-order valence-corrected chi connectivity index (χ4v) is 7.60. The normalized spacial score (nSPS) is 10.9. The molecular formula is C58H71NO9. The van der Waals surface area contributed by atoms with Crippen molar-refractivity contribution in [3.63, 3.8) is 0 Å². The van der Waals surface area contributed by atoms with Gasteiger partial charge >= 0.3 is 17.9 Å². The lowest BCUT2D eigenvalue weighted by molar-refractivity contribution is 0.0719. The van der Waals surface area contributed by atoms with Crippen LogP contribution in [-0.2, 0) is 0 Å². The van der Waals surface area contributed by atoms with Crippen LogP contribution in [0.2, 0.25) is 0 Å². The molecule has 5 aromatic carbocycles. The molecule has 1 N–H and O–H groups in total. The number of carbonyl (C=O) groups is 4. The molecule has 0 saturated carbocycles. The number of hydrogen-bond donors (Lipinski definition) is 1. The minimum atomic E-state index is -0.669. The second kappa shape index (κ2) is 30.8. The van der Waals surface area contributed by atoms with E-state index in [1.54, 1.807) is 91.0 Å². The number of ether oxygens (including phenoxy) is 5. The van der Waals surface area contributed by atoms with Gasteiger partial charge in [-0.05, 0) is 128 Å². The highest BCUT2D eigenvalue weighted by atomic mass is 16.5. The van der Waals surface area contributed by atoms with Gasteiger partial charge in [0.15, 0.2) is 0 Å². The molecule has 0 radical (unpaired) electrons. The zero-order valence-corrected chi connectivity index (χ0v) is 40.3. The zero-order chi connectivity index (χ0) is 48.0. The van der Waals surface area contributed by atoms with Crippen LogP contribution in [0.15, 0.2) is 121 Å². The van der Waals surface area contributed by atoms with Gasteiger partial charge in [-0.15, -0.1) is 0 Å². The van der Waals surface area contributed by atoms with Crippen LogP contribution in [0.5, 0.6) is 28.7 Å². The Hall–Kier alpha value is -6.42. The minimum Gasteiger partial charge on any atom is -0.494 e. The van der Waals surface area contributed by atoms with E-state index >= 15 is 0 Å². The van der Waals surface area contributed by atoms with Crippen LogP contribution >= 0.6 is 0 Å². The lowest BCUT2D eigenvalue weighted by atomic mass is 10.1. The molecule has 0 saturated heterocycles. The topological polar surface area (TPSA) is 126 Å². The number of hydrogen-bond acceptors (Lipinski definition) is 9. The second-order valence-electron chi connectivity index (χ2n) is 17.3. The van der Waals surface area contributed by atoms with Crippen molar-refractivity contribution >= 4 is 29.5 Å². The number of carbonyl (C=O) groups excluding carboxylic acids is 4. The van der Waals surface area contributed by atoms with Crippen molar-refractivity contribution in [1.82, 2.24) is 0 Å². The lowest BCUT2D eigenvalue weighted by Gasteiger charge is -2.10. The van der Waals surface area contributed by atoms with Crippen molar-refractivity contribution in [2.24, 2.45) is 0 Å². The molecule has 0 atom stereocenters. The van der Waals surface area contributed by atoms with Gasteiger partial charge in [0, 0.05) is 11.3 Å². The van der Waals surface area contributed by atoms with Crippen molar-refractivity contribution in [3.05, 3.63) is 144 Å². The quantitative estimate of drug-likeness (QED) is 0.0255. The Balaban J connectivity index is 0.974. The smallest absolute Gasteiger partial charge is 0.343 e. The Labute approximate surface area is 404 Å². The van der Waals surface area contributed by atoms with Gasteiger partial charge in [0.25, 0.3) is 5.91 Å². The summed E-state index contributed by atoms with van der Waals surface area (Å²) in [5.74, 6) is 0.0994. The van der Waals surface area contributed by atoms with Crippen molar-refractivity contribution in [2.75, 3.05) is 18.5 Å². The van der Waals surface area contributed by atoms with E-state index in [9.17, 15) is 19.2 Å². The first-order valence-corrected chi connectivity index (χ1v) is 25.0. The Bertz CT molecular complexity index is 2080. The fraction of sp³-hybridized carbons (Fsp3) is 0.414. The third-order valence-electron chi connectivity index (χ3n) is 11.6. The van der Waals surface area contributed by atoms with E-state index in [0.717, 1.165) is 25.7 Å². The molecule has 0 heterocycles. The molecule has 362 valence electrons. The van der Waals surface area contributed by atoms with Crippen LogP contribution in [-0.4, -0.2) is 37.0 Å². The molecule has 0 aliphatic heterocycles. The van der Waals surface area contributed by atoms with Gasteiger partial charge in [0.1, 0.15) is 28.7 Å². The van der Waals surface area contributed by atoms with Crippen LogP contribution in [0.25, 0.3) is 0 Å². The van der Waals surface area contributed by atoms with Crippen LogP contribution < -0.4 is 29.0 Å². The van der Waals surface area contributed by atoms with Gasteiger partial charge in [-0.3, -0.25) is 4.79 Å². The fourth-order valence-electron chi connectivity index (χ4n) is 7.60. The number of esters is 3. The van der Waals surface area contributed by atoms with E-state index in [4.69, 9.17) is 23.7 Å². The molecule has 10 nitrogen and oxygen atoms in total. The first-order chi connectivity index (χ1) is 33.3. The Morgan fingerprint density at radius 3 is 1.07 bits per heavy atom. The molecule has 0 bridgehead atoms. The van der Waals surface area contributed by atoms with E-state index in [1.165, 1.54) is 133 Å². The maximum atomic E-state index is 13.2. The van der Waals surface area contributed by atoms with Gasteiger partial charge in [0.2, 0.25) is 0 Å². The highest BCUT2D eigenvalue weighted by Gasteiger charge is 2.15. The van der Waals surface area contributed by atoms with Crippen LogP contribution in [0, 0.1) is 0 Å². The molecule has 1 amide bonds. The summed E-state index contributed by atoms with van der Waals surface area (Å²) in [6.45, 7) is 5.78. The third-order valence-corrected chi connectivity index (χ3v) is 11.6. The Kier molecular flexibility index (Phi) is 23.8. The number of unbranched alkanes of at least 4 members (excludes halogenated alkanes) is 18. The summed E-state index contributed by atoms with van der Waals surface area (Å²) in [5, 5.41) is 2.80. The highest BCUT2D eigenvalue weighted by Crippen LogP contribution is 2.23. The number of rotatable bonds is 32. The summed E-state index contributed by atoms with van der Waals surface area (Å²) in [7, 11) is 0. The maximum Gasteiger partial charge on any atom is 0.343 e. The summed E-state index contributed by atoms with van der Waals surface area (Å²) >= 11 is 0. The van der Waals surface area contributed by atoms with Gasteiger partial charge in [-0.1, -0.05) is 135 Å². The zero-order valence-electron chi connectivity index (χ0n) is 40.3.